The van der Waals surface area contributed by atoms with E-state index >= 15 is 0 Å². The van der Waals surface area contributed by atoms with E-state index in [1.807, 2.05) is 13.8 Å². The molecule has 0 aromatic heterocycles. The Balaban J connectivity index is 1.47. The molecule has 0 radical (unpaired) electrons. The average molecular weight is 521 g/mol. The summed E-state index contributed by atoms with van der Waals surface area (Å²) in [7, 11) is 0. The van der Waals surface area contributed by atoms with Crippen molar-refractivity contribution < 1.29 is 33.6 Å². The Hall–Kier alpha value is -0.960. The smallest absolute Gasteiger partial charge is 0.213 e. The summed E-state index contributed by atoms with van der Waals surface area (Å²) in [6, 6.07) is 0. The number of aliphatic hydroxyl groups is 1. The van der Waals surface area contributed by atoms with E-state index in [0.29, 0.717) is 24.7 Å². The van der Waals surface area contributed by atoms with Crippen LogP contribution in [0.2, 0.25) is 0 Å². The van der Waals surface area contributed by atoms with E-state index < -0.39 is 40.9 Å². The monoisotopic (exact) mass is 520 g/mol. The van der Waals surface area contributed by atoms with E-state index in [2.05, 4.69) is 20.4 Å². The van der Waals surface area contributed by atoms with E-state index in [-0.39, 0.29) is 29.0 Å². The van der Waals surface area contributed by atoms with Gasteiger partial charge in [-0.1, -0.05) is 20.4 Å². The van der Waals surface area contributed by atoms with Gasteiger partial charge in [0.2, 0.25) is 5.79 Å². The molecule has 198 valence electrons. The lowest BCUT2D eigenvalue weighted by Crippen LogP contribution is -2.87. The molecule has 0 aromatic carbocycles. The third-order valence-electron chi connectivity index (χ3n) is 10.6. The molecular weight excluding hydrogens is 484 g/mol. The van der Waals surface area contributed by atoms with Gasteiger partial charge in [0.05, 0.1) is 24.7 Å². The predicted molar refractivity (Wildman–Crippen MR) is 130 cm³/mol. The molecule has 4 bridgehead atoms. The maximum Gasteiger partial charge on any atom is 0.213 e. The van der Waals surface area contributed by atoms with Gasteiger partial charge in [-0.25, -0.2) is 0 Å². The van der Waals surface area contributed by atoms with Crippen LogP contribution in [-0.2, 0) is 28.5 Å². The summed E-state index contributed by atoms with van der Waals surface area (Å²) in [6.45, 7) is 13.1. The van der Waals surface area contributed by atoms with Crippen molar-refractivity contribution in [2.75, 3.05) is 19.1 Å². The highest BCUT2D eigenvalue weighted by atomic mass is 35.5. The molecular formula is C28H37ClO7. The first-order valence-electron chi connectivity index (χ1n) is 13.5. The second-order valence-corrected chi connectivity index (χ2v) is 13.5. The fourth-order valence-electron chi connectivity index (χ4n) is 9.94. The number of fused-ring (bicyclic) bond motifs is 1. The third kappa shape index (κ3) is 2.48. The van der Waals surface area contributed by atoms with Gasteiger partial charge in [0.15, 0.2) is 17.9 Å². The molecule has 0 unspecified atom stereocenters. The van der Waals surface area contributed by atoms with Crippen LogP contribution in [0, 0.1) is 34.0 Å². The molecule has 4 aliphatic heterocycles. The van der Waals surface area contributed by atoms with Crippen LogP contribution in [-0.4, -0.2) is 60.1 Å². The van der Waals surface area contributed by atoms with Crippen molar-refractivity contribution in [3.8, 4) is 0 Å². The lowest BCUT2D eigenvalue weighted by atomic mass is 9.36. The predicted octanol–water partition coefficient (Wildman–Crippen LogP) is 4.07. The fraction of sp³-hybridized carbons (Fsp3) is 0.821. The fourth-order valence-corrected chi connectivity index (χ4v) is 10.0. The van der Waals surface area contributed by atoms with Crippen molar-refractivity contribution in [2.45, 2.75) is 89.9 Å². The Morgan fingerprint density at radius 2 is 1.97 bits per heavy atom. The summed E-state index contributed by atoms with van der Waals surface area (Å²) in [5.41, 5.74) is -0.254. The Morgan fingerprint density at radius 1 is 1.19 bits per heavy atom. The van der Waals surface area contributed by atoms with Gasteiger partial charge in [-0.2, -0.15) is 0 Å². The van der Waals surface area contributed by atoms with E-state index in [4.69, 9.17) is 35.3 Å². The van der Waals surface area contributed by atoms with Crippen molar-refractivity contribution in [3.63, 3.8) is 0 Å². The van der Waals surface area contributed by atoms with Crippen LogP contribution in [0.25, 0.3) is 0 Å². The molecule has 1 N–H and O–H groups in total. The molecule has 9 atom stereocenters. The number of carbonyl (C=O) groups is 1. The van der Waals surface area contributed by atoms with E-state index in [9.17, 15) is 9.90 Å². The Kier molecular flexibility index (Phi) is 4.79. The first-order valence-corrected chi connectivity index (χ1v) is 14.0. The highest BCUT2D eigenvalue weighted by molar-refractivity contribution is 6.17. The molecule has 3 saturated carbocycles. The van der Waals surface area contributed by atoms with Gasteiger partial charge in [-0.05, 0) is 62.0 Å². The number of ether oxygens (including phenoxy) is 5. The standard InChI is InChI=1S/C28H37ClO7/c1-14-16-7-8-17-26-13-33-28(27(17,20(14)30)23(16)35-25(4,5)36-28)21(31)19(26)24(2,3)12-15-6-9-18(32-11-10-29)34-22(15)26/h16-19,21,23,31H,1,6-13H2,2-5H3/t16-,17-,18-,19+,21-,23+,26-,27-,28+/m0/s1. The van der Waals surface area contributed by atoms with Crippen molar-refractivity contribution in [3.05, 3.63) is 23.5 Å². The molecule has 4 aliphatic carbocycles. The summed E-state index contributed by atoms with van der Waals surface area (Å²) in [6.07, 6.45) is 2.17. The molecule has 3 saturated heterocycles. The first kappa shape index (κ1) is 24.1. The Labute approximate surface area is 217 Å². The molecule has 4 heterocycles. The summed E-state index contributed by atoms with van der Waals surface area (Å²) >= 11 is 5.91. The van der Waals surface area contributed by atoms with Crippen LogP contribution in [0.5, 0.6) is 0 Å². The van der Waals surface area contributed by atoms with E-state index in [1.54, 1.807) is 0 Å². The zero-order valence-electron chi connectivity index (χ0n) is 21.6. The summed E-state index contributed by atoms with van der Waals surface area (Å²) in [5, 5.41) is 12.4. The third-order valence-corrected chi connectivity index (χ3v) is 10.8. The minimum atomic E-state index is -1.48. The second kappa shape index (κ2) is 7.16. The van der Waals surface area contributed by atoms with Crippen molar-refractivity contribution in [2.24, 2.45) is 34.0 Å². The number of halogens is 1. The maximum atomic E-state index is 14.3. The van der Waals surface area contributed by atoms with Crippen LogP contribution in [0.4, 0.5) is 0 Å². The van der Waals surface area contributed by atoms with Gasteiger partial charge in [0.1, 0.15) is 17.3 Å². The minimum absolute atomic E-state index is 0.0663. The number of hydrogen-bond acceptors (Lipinski definition) is 7. The zero-order chi connectivity index (χ0) is 25.5. The number of rotatable bonds is 3. The first-order chi connectivity index (χ1) is 17.0. The zero-order valence-corrected chi connectivity index (χ0v) is 22.4. The van der Waals surface area contributed by atoms with Gasteiger partial charge in [-0.15, -0.1) is 11.6 Å². The number of alkyl halides is 1. The molecule has 36 heavy (non-hydrogen) atoms. The average Bonchev–Trinajstić information content (AvgIpc) is 2.93. The molecule has 8 heteroatoms. The highest BCUT2D eigenvalue weighted by Crippen LogP contribution is 2.80. The Morgan fingerprint density at radius 3 is 2.72 bits per heavy atom. The second-order valence-electron chi connectivity index (χ2n) is 13.2. The Bertz CT molecular complexity index is 1080. The number of Topliss-reactive ketones (excluding diaryl/α,β-unsaturated/α-hetero) is 1. The number of carbonyl (C=O) groups excluding carboxylic acids is 1. The van der Waals surface area contributed by atoms with E-state index in [1.165, 1.54) is 5.57 Å². The molecule has 0 amide bonds. The lowest BCUT2D eigenvalue weighted by molar-refractivity contribution is -0.527. The highest BCUT2D eigenvalue weighted by Gasteiger charge is 2.90. The minimum Gasteiger partial charge on any atom is -0.469 e. The molecule has 0 aromatic rings. The number of allylic oxidation sites excluding steroid dienone is 1. The number of ketones is 1. The van der Waals surface area contributed by atoms with Crippen LogP contribution in [0.1, 0.15) is 59.8 Å². The van der Waals surface area contributed by atoms with Gasteiger partial charge < -0.3 is 28.8 Å². The molecule has 3 spiro atoms. The summed E-state index contributed by atoms with van der Waals surface area (Å²) in [4.78, 5) is 14.3. The van der Waals surface area contributed by atoms with Crippen molar-refractivity contribution >= 4 is 17.4 Å². The van der Waals surface area contributed by atoms with Crippen LogP contribution in [0.3, 0.4) is 0 Å². The molecule has 6 fully saturated rings. The van der Waals surface area contributed by atoms with Crippen LogP contribution < -0.4 is 0 Å². The van der Waals surface area contributed by atoms with Gasteiger partial charge >= 0.3 is 0 Å². The quantitative estimate of drug-likeness (QED) is 0.443. The maximum absolute atomic E-state index is 14.3. The SMILES string of the molecule is C=C1C(=O)[C@@]23[C@@H]4OC(C)(C)O[C@@]25OC[C@]2(C6=C(CC[C@@H](OCCCl)O6)CC(C)(C)[C@H]2[C@@H]5O)[C@@H]3CC[C@@H]14. The number of hydrogen-bond donors (Lipinski definition) is 1. The summed E-state index contributed by atoms with van der Waals surface area (Å²) in [5.74, 6) is -1.77. The van der Waals surface area contributed by atoms with Crippen molar-refractivity contribution in [1.82, 2.24) is 0 Å². The van der Waals surface area contributed by atoms with Gasteiger partial charge in [-0.3, -0.25) is 4.79 Å². The lowest BCUT2D eigenvalue weighted by Gasteiger charge is -2.77. The normalized spacial score (nSPS) is 51.4. The molecule has 8 rings (SSSR count). The van der Waals surface area contributed by atoms with Gasteiger partial charge in [0.25, 0.3) is 0 Å². The largest absolute Gasteiger partial charge is 0.469 e. The summed E-state index contributed by atoms with van der Waals surface area (Å²) < 4.78 is 32.6. The van der Waals surface area contributed by atoms with Crippen LogP contribution >= 0.6 is 11.6 Å². The topological polar surface area (TPSA) is 83.5 Å². The number of aliphatic hydroxyl groups excluding tert-OH is 1. The molecule has 7 nitrogen and oxygen atoms in total. The van der Waals surface area contributed by atoms with Gasteiger partial charge in [0, 0.05) is 24.1 Å². The van der Waals surface area contributed by atoms with E-state index in [0.717, 1.165) is 37.9 Å². The van der Waals surface area contributed by atoms with Crippen molar-refractivity contribution in [1.29, 1.82) is 0 Å². The van der Waals surface area contributed by atoms with Crippen LogP contribution in [0.15, 0.2) is 23.5 Å². The molecule has 8 aliphatic rings.